The van der Waals surface area contributed by atoms with Crippen LogP contribution < -0.4 is 5.32 Å². The van der Waals surface area contributed by atoms with E-state index in [9.17, 15) is 4.39 Å². The third-order valence-corrected chi connectivity index (χ3v) is 7.94. The first-order valence-electron chi connectivity index (χ1n) is 8.35. The normalized spacial score (nSPS) is 16.2. The minimum atomic E-state index is -0.259. The number of piperidine rings is 1. The van der Waals surface area contributed by atoms with Crippen LogP contribution in [0.1, 0.15) is 28.6 Å². The van der Waals surface area contributed by atoms with Crippen LogP contribution in [0, 0.1) is 12.7 Å². The van der Waals surface area contributed by atoms with E-state index in [4.69, 9.17) is 4.98 Å². The number of thiazole rings is 2. The molecule has 0 radical (unpaired) electrons. The molecule has 5 rings (SSSR count). The molecule has 3 nitrogen and oxygen atoms in total. The fraction of sp³-hybridized carbons (Fsp3) is 0.333. The molecular formula is C18H16FN3S3. The molecule has 1 fully saturated rings. The molecular weight excluding hydrogens is 373 g/mol. The molecule has 3 aromatic heterocycles. The van der Waals surface area contributed by atoms with E-state index in [0.717, 1.165) is 38.2 Å². The third-order valence-electron chi connectivity index (χ3n) is 4.65. The molecule has 0 unspecified atom stereocenters. The largest absolute Gasteiger partial charge is 0.317 e. The Kier molecular flexibility index (Phi) is 3.85. The van der Waals surface area contributed by atoms with E-state index in [1.807, 2.05) is 13.0 Å². The maximum absolute atomic E-state index is 14.4. The van der Waals surface area contributed by atoms with Crippen LogP contribution in [-0.4, -0.2) is 23.1 Å². The number of nitrogens with zero attached hydrogens (tertiary/aromatic N) is 2. The van der Waals surface area contributed by atoms with Crippen molar-refractivity contribution in [1.82, 2.24) is 15.3 Å². The first kappa shape index (κ1) is 15.8. The van der Waals surface area contributed by atoms with Crippen molar-refractivity contribution in [2.75, 3.05) is 13.1 Å². The smallest absolute Gasteiger partial charge is 0.151 e. The molecule has 7 heteroatoms. The van der Waals surface area contributed by atoms with Gasteiger partial charge in [0.1, 0.15) is 15.4 Å². The third kappa shape index (κ3) is 2.79. The summed E-state index contributed by atoms with van der Waals surface area (Å²) in [5.74, 6) is 0.399. The molecule has 1 N–H and O–H groups in total. The molecule has 1 aliphatic rings. The van der Waals surface area contributed by atoms with Gasteiger partial charge in [0.2, 0.25) is 0 Å². The molecule has 1 aliphatic heterocycles. The summed E-state index contributed by atoms with van der Waals surface area (Å²) < 4.78 is 16.5. The lowest BCUT2D eigenvalue weighted by atomic mass is 9.97. The van der Waals surface area contributed by atoms with Crippen molar-refractivity contribution in [3.05, 3.63) is 33.9 Å². The molecule has 0 spiro atoms. The molecule has 4 aromatic rings. The Balaban J connectivity index is 1.53. The standard InChI is InChI=1S/C18H16FN3S3/c1-9-21-16-12(19)6-11(7-14(16)23-9)17-22-18-15(25-17)8-13(24-18)10-2-4-20-5-3-10/h6-8,10,20H,2-5H2,1H3. The van der Waals surface area contributed by atoms with E-state index in [-0.39, 0.29) is 5.82 Å². The van der Waals surface area contributed by atoms with Gasteiger partial charge in [-0.15, -0.1) is 34.0 Å². The highest BCUT2D eigenvalue weighted by atomic mass is 32.1. The van der Waals surface area contributed by atoms with E-state index < -0.39 is 0 Å². The zero-order valence-corrected chi connectivity index (χ0v) is 16.1. The summed E-state index contributed by atoms with van der Waals surface area (Å²) in [6, 6.07) is 5.87. The van der Waals surface area contributed by atoms with Crippen LogP contribution in [0.4, 0.5) is 4.39 Å². The van der Waals surface area contributed by atoms with Gasteiger partial charge in [0, 0.05) is 10.4 Å². The van der Waals surface area contributed by atoms with Crippen LogP contribution in [0.2, 0.25) is 0 Å². The zero-order valence-electron chi connectivity index (χ0n) is 13.6. The number of benzene rings is 1. The number of hydrogen-bond acceptors (Lipinski definition) is 6. The van der Waals surface area contributed by atoms with Gasteiger partial charge < -0.3 is 5.32 Å². The van der Waals surface area contributed by atoms with Crippen molar-refractivity contribution < 1.29 is 4.39 Å². The quantitative estimate of drug-likeness (QED) is 0.488. The van der Waals surface area contributed by atoms with Crippen LogP contribution >= 0.6 is 34.0 Å². The number of thiophene rings is 1. The van der Waals surface area contributed by atoms with E-state index in [1.54, 1.807) is 28.7 Å². The van der Waals surface area contributed by atoms with Gasteiger partial charge in [-0.25, -0.2) is 14.4 Å². The SMILES string of the molecule is Cc1nc2c(F)cc(-c3nc4sc(C5CCNCC5)cc4s3)cc2s1. The van der Waals surface area contributed by atoms with Gasteiger partial charge in [-0.05, 0) is 57.0 Å². The first-order chi connectivity index (χ1) is 12.2. The summed E-state index contributed by atoms with van der Waals surface area (Å²) in [7, 11) is 0. The number of rotatable bonds is 2. The highest BCUT2D eigenvalue weighted by Gasteiger charge is 2.20. The van der Waals surface area contributed by atoms with Crippen LogP contribution in [-0.2, 0) is 0 Å². The number of fused-ring (bicyclic) bond motifs is 2. The van der Waals surface area contributed by atoms with Gasteiger partial charge in [0.05, 0.1) is 14.4 Å². The number of halogens is 1. The van der Waals surface area contributed by atoms with E-state index in [2.05, 4.69) is 16.4 Å². The Morgan fingerprint density at radius 1 is 1.04 bits per heavy atom. The fourth-order valence-electron chi connectivity index (χ4n) is 3.41. The van der Waals surface area contributed by atoms with Gasteiger partial charge in [0.25, 0.3) is 0 Å². The zero-order chi connectivity index (χ0) is 17.0. The highest BCUT2D eigenvalue weighted by molar-refractivity contribution is 7.28. The average molecular weight is 390 g/mol. The van der Waals surface area contributed by atoms with Crippen molar-refractivity contribution in [2.24, 2.45) is 0 Å². The Morgan fingerprint density at radius 3 is 2.68 bits per heavy atom. The van der Waals surface area contributed by atoms with Crippen molar-refractivity contribution in [3.63, 3.8) is 0 Å². The summed E-state index contributed by atoms with van der Waals surface area (Å²) >= 11 is 4.99. The van der Waals surface area contributed by atoms with Gasteiger partial charge in [-0.1, -0.05) is 0 Å². The van der Waals surface area contributed by atoms with Gasteiger partial charge in [-0.2, -0.15) is 0 Å². The molecule has 4 heterocycles. The molecule has 0 saturated carbocycles. The lowest BCUT2D eigenvalue weighted by Gasteiger charge is -2.21. The van der Waals surface area contributed by atoms with Gasteiger partial charge >= 0.3 is 0 Å². The van der Waals surface area contributed by atoms with Crippen molar-refractivity contribution in [2.45, 2.75) is 25.7 Å². The van der Waals surface area contributed by atoms with E-state index in [0.29, 0.717) is 11.4 Å². The lowest BCUT2D eigenvalue weighted by molar-refractivity contribution is 0.465. The summed E-state index contributed by atoms with van der Waals surface area (Å²) in [6.45, 7) is 4.11. The summed E-state index contributed by atoms with van der Waals surface area (Å²) in [6.07, 6.45) is 2.40. The molecule has 128 valence electrons. The number of aryl methyl sites for hydroxylation is 1. The lowest BCUT2D eigenvalue weighted by Crippen LogP contribution is -2.26. The minimum absolute atomic E-state index is 0.259. The average Bonchev–Trinajstić information content (AvgIpc) is 3.27. The second-order valence-electron chi connectivity index (χ2n) is 6.40. The Morgan fingerprint density at radius 2 is 1.88 bits per heavy atom. The summed E-state index contributed by atoms with van der Waals surface area (Å²) in [4.78, 5) is 11.6. The van der Waals surface area contributed by atoms with E-state index in [1.165, 1.54) is 33.8 Å². The predicted molar refractivity (Wildman–Crippen MR) is 106 cm³/mol. The predicted octanol–water partition coefficient (Wildman–Crippen LogP) is 5.55. The maximum Gasteiger partial charge on any atom is 0.151 e. The molecule has 25 heavy (non-hydrogen) atoms. The van der Waals surface area contributed by atoms with Gasteiger partial charge in [0.15, 0.2) is 5.82 Å². The topological polar surface area (TPSA) is 37.8 Å². The minimum Gasteiger partial charge on any atom is -0.317 e. The van der Waals surface area contributed by atoms with Crippen molar-refractivity contribution in [3.8, 4) is 10.6 Å². The van der Waals surface area contributed by atoms with Crippen LogP contribution in [0.5, 0.6) is 0 Å². The maximum atomic E-state index is 14.4. The molecule has 0 amide bonds. The number of aromatic nitrogens is 2. The fourth-order valence-corrected chi connectivity index (χ4v) is 6.67. The van der Waals surface area contributed by atoms with Crippen LogP contribution in [0.25, 0.3) is 30.3 Å². The Bertz CT molecular complexity index is 1040. The molecule has 0 atom stereocenters. The van der Waals surface area contributed by atoms with Gasteiger partial charge in [-0.3, -0.25) is 0 Å². The summed E-state index contributed by atoms with van der Waals surface area (Å²) in [5.41, 5.74) is 1.32. The molecule has 1 saturated heterocycles. The molecule has 0 bridgehead atoms. The second-order valence-corrected chi connectivity index (χ2v) is 9.73. The van der Waals surface area contributed by atoms with E-state index >= 15 is 0 Å². The van der Waals surface area contributed by atoms with Crippen molar-refractivity contribution >= 4 is 53.8 Å². The summed E-state index contributed by atoms with van der Waals surface area (Å²) in [5, 5.41) is 5.20. The second kappa shape index (κ2) is 6.09. The number of hydrogen-bond donors (Lipinski definition) is 1. The van der Waals surface area contributed by atoms with Crippen molar-refractivity contribution in [1.29, 1.82) is 0 Å². The monoisotopic (exact) mass is 389 g/mol. The van der Waals surface area contributed by atoms with Crippen LogP contribution in [0.15, 0.2) is 18.2 Å². The molecule has 1 aromatic carbocycles. The Labute approximate surface area is 156 Å². The first-order valence-corrected chi connectivity index (χ1v) is 10.8. The van der Waals surface area contributed by atoms with Crippen LogP contribution in [0.3, 0.4) is 0 Å². The number of nitrogens with one attached hydrogen (secondary N) is 1. The highest BCUT2D eigenvalue weighted by Crippen LogP contribution is 2.40. The molecule has 0 aliphatic carbocycles. The Hall–Kier alpha value is -1.41.